The lowest BCUT2D eigenvalue weighted by atomic mass is 10.1. The predicted molar refractivity (Wildman–Crippen MR) is 130 cm³/mol. The van der Waals surface area contributed by atoms with E-state index in [9.17, 15) is 18.3 Å². The van der Waals surface area contributed by atoms with Gasteiger partial charge in [0.2, 0.25) is 0 Å². The second-order valence-corrected chi connectivity index (χ2v) is 10.8. The molecule has 0 saturated carbocycles. The first-order chi connectivity index (χ1) is 15.7. The Labute approximate surface area is 196 Å². The molecule has 0 aliphatic rings. The molecule has 2 N–H and O–H groups in total. The van der Waals surface area contributed by atoms with E-state index in [1.165, 1.54) is 6.07 Å². The summed E-state index contributed by atoms with van der Waals surface area (Å²) in [5, 5.41) is 10.6. The second-order valence-electron chi connectivity index (χ2n) is 7.73. The van der Waals surface area contributed by atoms with Crippen molar-refractivity contribution in [2.45, 2.75) is 23.6 Å². The van der Waals surface area contributed by atoms with E-state index in [-0.39, 0.29) is 10.6 Å². The number of nitrogens with zero attached hydrogens (tertiary/aromatic N) is 1. The second kappa shape index (κ2) is 9.24. The molecule has 0 amide bonds. The molecular weight excluding hydrogens is 456 g/mol. The van der Waals surface area contributed by atoms with Crippen LogP contribution in [0.15, 0.2) is 71.1 Å². The van der Waals surface area contributed by atoms with Crippen molar-refractivity contribution in [3.05, 3.63) is 88.4 Å². The van der Waals surface area contributed by atoms with E-state index in [0.29, 0.717) is 4.88 Å². The number of carbonyl (C=O) groups is 1. The van der Waals surface area contributed by atoms with Crippen LogP contribution in [0, 0.1) is 18.8 Å². The molecule has 168 valence electrons. The summed E-state index contributed by atoms with van der Waals surface area (Å²) in [6.07, 6.45) is 1.86. The fourth-order valence-corrected chi connectivity index (χ4v) is 5.90. The molecule has 8 heteroatoms. The molecular formula is C25H22N2O4S2. The summed E-state index contributed by atoms with van der Waals surface area (Å²) >= 11 is 1.01. The molecule has 0 spiro atoms. The van der Waals surface area contributed by atoms with E-state index in [2.05, 4.69) is 16.6 Å². The molecule has 4 aromatic rings. The summed E-state index contributed by atoms with van der Waals surface area (Å²) in [6.45, 7) is 1.99. The van der Waals surface area contributed by atoms with Crippen LogP contribution in [0.3, 0.4) is 0 Å². The van der Waals surface area contributed by atoms with Gasteiger partial charge in [-0.3, -0.25) is 4.79 Å². The quantitative estimate of drug-likeness (QED) is 0.411. The van der Waals surface area contributed by atoms with E-state index < -0.39 is 22.0 Å². The van der Waals surface area contributed by atoms with Crippen LogP contribution in [0.25, 0.3) is 10.9 Å². The van der Waals surface area contributed by atoms with Gasteiger partial charge in [0, 0.05) is 36.1 Å². The molecule has 6 nitrogen and oxygen atoms in total. The molecule has 0 aliphatic carbocycles. The Morgan fingerprint density at radius 3 is 2.55 bits per heavy atom. The molecule has 0 aliphatic heterocycles. The van der Waals surface area contributed by atoms with Gasteiger partial charge >= 0.3 is 5.97 Å². The van der Waals surface area contributed by atoms with Crippen LogP contribution >= 0.6 is 11.3 Å². The van der Waals surface area contributed by atoms with Gasteiger partial charge in [-0.2, -0.15) is 4.72 Å². The predicted octanol–water partition coefficient (Wildman–Crippen LogP) is 3.92. The van der Waals surface area contributed by atoms with Crippen LogP contribution < -0.4 is 4.72 Å². The minimum atomic E-state index is -4.03. The number of hydrogen-bond acceptors (Lipinski definition) is 4. The number of sulfonamides is 1. The highest BCUT2D eigenvalue weighted by Gasteiger charge is 2.27. The van der Waals surface area contributed by atoms with Crippen molar-refractivity contribution in [3.8, 4) is 11.8 Å². The van der Waals surface area contributed by atoms with Crippen molar-refractivity contribution in [3.63, 3.8) is 0 Å². The molecule has 2 heterocycles. The van der Waals surface area contributed by atoms with Crippen LogP contribution in [0.5, 0.6) is 0 Å². The third-order valence-corrected chi connectivity index (χ3v) is 8.19. The van der Waals surface area contributed by atoms with Gasteiger partial charge in [0.15, 0.2) is 0 Å². The molecule has 33 heavy (non-hydrogen) atoms. The number of nitrogens with one attached hydrogen (secondary N) is 1. The fraction of sp³-hybridized carbons (Fsp3) is 0.160. The number of carboxylic acid groups (broad SMARTS) is 1. The van der Waals surface area contributed by atoms with Crippen LogP contribution in [0.1, 0.15) is 21.6 Å². The minimum absolute atomic E-state index is 0.0277. The maximum atomic E-state index is 12.9. The highest BCUT2D eigenvalue weighted by molar-refractivity contribution is 7.91. The number of aliphatic carboxylic acids is 1. The Kier molecular flexibility index (Phi) is 6.38. The van der Waals surface area contributed by atoms with Gasteiger partial charge in [0.1, 0.15) is 10.3 Å². The lowest BCUT2D eigenvalue weighted by molar-refractivity contribution is -0.138. The molecule has 2 aromatic carbocycles. The van der Waals surface area contributed by atoms with Crippen molar-refractivity contribution < 1.29 is 18.3 Å². The SMILES string of the molecule is Cc1ccc(C#Cc2ccc(S(=O)(=O)N[C@H](Cc3cn(C)c4ccccc34)C(=O)O)s2)cc1. The number of para-hydroxylation sites is 1. The summed E-state index contributed by atoms with van der Waals surface area (Å²) < 4.78 is 30.1. The van der Waals surface area contributed by atoms with E-state index in [1.807, 2.05) is 73.3 Å². The Morgan fingerprint density at radius 2 is 1.82 bits per heavy atom. The summed E-state index contributed by atoms with van der Waals surface area (Å²) in [7, 11) is -2.15. The molecule has 0 bridgehead atoms. The molecule has 2 aromatic heterocycles. The minimum Gasteiger partial charge on any atom is -0.480 e. The first-order valence-corrected chi connectivity index (χ1v) is 12.5. The average Bonchev–Trinajstić information content (AvgIpc) is 3.39. The van der Waals surface area contributed by atoms with Crippen LogP contribution in [0.4, 0.5) is 0 Å². The van der Waals surface area contributed by atoms with Gasteiger partial charge in [0.05, 0.1) is 4.88 Å². The molecule has 4 rings (SSSR count). The molecule has 0 radical (unpaired) electrons. The number of carboxylic acids is 1. The lowest BCUT2D eigenvalue weighted by Crippen LogP contribution is -2.42. The van der Waals surface area contributed by atoms with E-state index >= 15 is 0 Å². The highest BCUT2D eigenvalue weighted by atomic mass is 32.2. The summed E-state index contributed by atoms with van der Waals surface area (Å²) in [6, 6.07) is 17.1. The summed E-state index contributed by atoms with van der Waals surface area (Å²) in [5.74, 6) is 4.75. The van der Waals surface area contributed by atoms with Gasteiger partial charge in [-0.15, -0.1) is 11.3 Å². The lowest BCUT2D eigenvalue weighted by Gasteiger charge is -2.13. The number of aromatic nitrogens is 1. The van der Waals surface area contributed by atoms with Gasteiger partial charge in [-0.25, -0.2) is 8.42 Å². The Bertz CT molecular complexity index is 1490. The third-order valence-electron chi connectivity index (χ3n) is 5.23. The number of hydrogen-bond donors (Lipinski definition) is 2. The first kappa shape index (κ1) is 22.8. The average molecular weight is 479 g/mol. The largest absolute Gasteiger partial charge is 0.480 e. The number of fused-ring (bicyclic) bond motifs is 1. The van der Waals surface area contributed by atoms with Crippen molar-refractivity contribution in [2.75, 3.05) is 0 Å². The Hall–Kier alpha value is -3.38. The van der Waals surface area contributed by atoms with E-state index in [1.54, 1.807) is 6.07 Å². The smallest absolute Gasteiger partial charge is 0.322 e. The van der Waals surface area contributed by atoms with Crippen molar-refractivity contribution in [1.82, 2.24) is 9.29 Å². The molecule has 1 atom stereocenters. The first-order valence-electron chi connectivity index (χ1n) is 10.2. The zero-order chi connectivity index (χ0) is 23.6. The molecule has 0 unspecified atom stereocenters. The Morgan fingerprint density at radius 1 is 1.09 bits per heavy atom. The number of thiophene rings is 1. The standard InChI is InChI=1S/C25H22N2O4S2/c1-17-7-9-18(10-8-17)11-12-20-13-14-24(32-20)33(30,31)26-22(25(28)29)15-19-16-27(2)23-6-4-3-5-21(19)23/h3-10,13-14,16,22,26H,15H2,1-2H3,(H,28,29)/t22-/m1/s1. The van der Waals surface area contributed by atoms with Crippen LogP contribution in [-0.4, -0.2) is 30.1 Å². The fourth-order valence-electron chi connectivity index (χ4n) is 3.54. The normalized spacial score (nSPS) is 12.3. The third kappa shape index (κ3) is 5.17. The Balaban J connectivity index is 1.54. The maximum absolute atomic E-state index is 12.9. The van der Waals surface area contributed by atoms with Gasteiger partial charge in [-0.1, -0.05) is 47.7 Å². The maximum Gasteiger partial charge on any atom is 0.322 e. The number of benzene rings is 2. The van der Waals surface area contributed by atoms with Crippen LogP contribution in [-0.2, 0) is 28.3 Å². The van der Waals surface area contributed by atoms with Crippen molar-refractivity contribution in [2.24, 2.45) is 7.05 Å². The van der Waals surface area contributed by atoms with Gasteiger partial charge < -0.3 is 9.67 Å². The van der Waals surface area contributed by atoms with Gasteiger partial charge in [0.25, 0.3) is 10.0 Å². The van der Waals surface area contributed by atoms with Gasteiger partial charge in [-0.05, 0) is 42.8 Å². The summed E-state index contributed by atoms with van der Waals surface area (Å²) in [5.41, 5.74) is 3.68. The number of aryl methyl sites for hydroxylation is 2. The van der Waals surface area contributed by atoms with E-state index in [4.69, 9.17) is 0 Å². The van der Waals surface area contributed by atoms with Crippen LogP contribution in [0.2, 0.25) is 0 Å². The highest BCUT2D eigenvalue weighted by Crippen LogP contribution is 2.24. The monoisotopic (exact) mass is 478 g/mol. The zero-order valence-corrected chi connectivity index (χ0v) is 19.7. The number of rotatable bonds is 6. The summed E-state index contributed by atoms with van der Waals surface area (Å²) in [4.78, 5) is 12.5. The molecule has 0 saturated heterocycles. The van der Waals surface area contributed by atoms with Crippen molar-refractivity contribution in [1.29, 1.82) is 0 Å². The van der Waals surface area contributed by atoms with E-state index in [0.717, 1.165) is 38.9 Å². The topological polar surface area (TPSA) is 88.4 Å². The molecule has 0 fully saturated rings. The van der Waals surface area contributed by atoms with Crippen molar-refractivity contribution >= 4 is 38.2 Å². The zero-order valence-electron chi connectivity index (χ0n) is 18.1.